The van der Waals surface area contributed by atoms with E-state index in [9.17, 15) is 0 Å². The van der Waals surface area contributed by atoms with Crippen molar-refractivity contribution >= 4 is 0 Å². The third-order valence-electron chi connectivity index (χ3n) is 5.15. The zero-order valence-electron chi connectivity index (χ0n) is 11.9. The van der Waals surface area contributed by atoms with Crippen LogP contribution in [0.25, 0.3) is 0 Å². The van der Waals surface area contributed by atoms with E-state index < -0.39 is 0 Å². The number of ether oxygens (including phenoxy) is 1. The monoisotopic (exact) mass is 252 g/mol. The van der Waals surface area contributed by atoms with E-state index in [1.165, 1.54) is 51.6 Å². The number of hydrogen-bond acceptors (Lipinski definition) is 3. The quantitative estimate of drug-likeness (QED) is 0.830. The van der Waals surface area contributed by atoms with Gasteiger partial charge < -0.3 is 10.1 Å². The number of rotatable bonds is 4. The zero-order chi connectivity index (χ0) is 12.5. The molecule has 3 aliphatic rings. The average Bonchev–Trinajstić information content (AvgIpc) is 3.01. The SMILES string of the molecule is CCCC1CN(C2CC3CCC2O3)C(CC)CN1. The maximum absolute atomic E-state index is 6.06. The molecule has 3 aliphatic heterocycles. The molecule has 3 saturated heterocycles. The number of piperazine rings is 1. The van der Waals surface area contributed by atoms with Crippen LogP contribution in [0.3, 0.4) is 0 Å². The molecule has 2 bridgehead atoms. The predicted octanol–water partition coefficient (Wildman–Crippen LogP) is 2.16. The highest BCUT2D eigenvalue weighted by molar-refractivity contribution is 4.99. The van der Waals surface area contributed by atoms with Gasteiger partial charge in [-0.3, -0.25) is 4.90 Å². The van der Waals surface area contributed by atoms with Crippen LogP contribution in [0.4, 0.5) is 0 Å². The fourth-order valence-electron chi connectivity index (χ4n) is 4.17. The van der Waals surface area contributed by atoms with Crippen molar-refractivity contribution < 1.29 is 4.74 Å². The van der Waals surface area contributed by atoms with Crippen molar-refractivity contribution in [2.24, 2.45) is 0 Å². The molecule has 0 amide bonds. The first kappa shape index (κ1) is 12.9. The Balaban J connectivity index is 1.66. The van der Waals surface area contributed by atoms with E-state index in [4.69, 9.17) is 4.74 Å². The van der Waals surface area contributed by atoms with Crippen molar-refractivity contribution in [2.45, 2.75) is 82.7 Å². The average molecular weight is 252 g/mol. The molecule has 0 aromatic heterocycles. The molecule has 0 aliphatic carbocycles. The van der Waals surface area contributed by atoms with Crippen LogP contribution in [0.1, 0.15) is 52.4 Å². The summed E-state index contributed by atoms with van der Waals surface area (Å²) in [7, 11) is 0. The highest BCUT2D eigenvalue weighted by Crippen LogP contribution is 2.38. The highest BCUT2D eigenvalue weighted by atomic mass is 16.5. The largest absolute Gasteiger partial charge is 0.373 e. The number of nitrogens with zero attached hydrogens (tertiary/aromatic N) is 1. The minimum Gasteiger partial charge on any atom is -0.373 e. The first-order valence-corrected chi connectivity index (χ1v) is 7.96. The lowest BCUT2D eigenvalue weighted by molar-refractivity contribution is 0.0284. The van der Waals surface area contributed by atoms with E-state index >= 15 is 0 Å². The maximum atomic E-state index is 6.06. The van der Waals surface area contributed by atoms with Gasteiger partial charge in [-0.1, -0.05) is 20.3 Å². The van der Waals surface area contributed by atoms with Gasteiger partial charge in [0.25, 0.3) is 0 Å². The van der Waals surface area contributed by atoms with Crippen LogP contribution in [0, 0.1) is 0 Å². The molecule has 1 N–H and O–H groups in total. The van der Waals surface area contributed by atoms with E-state index in [0.717, 1.165) is 12.1 Å². The molecule has 0 spiro atoms. The molecule has 104 valence electrons. The van der Waals surface area contributed by atoms with Gasteiger partial charge in [-0.05, 0) is 32.1 Å². The normalized spacial score (nSPS) is 44.7. The minimum absolute atomic E-state index is 0.546. The Kier molecular flexibility index (Phi) is 3.92. The smallest absolute Gasteiger partial charge is 0.0736 e. The summed E-state index contributed by atoms with van der Waals surface area (Å²) in [5.74, 6) is 0. The molecule has 3 heteroatoms. The van der Waals surface area contributed by atoms with Crippen LogP contribution in [-0.2, 0) is 4.74 Å². The Morgan fingerprint density at radius 3 is 2.78 bits per heavy atom. The van der Waals surface area contributed by atoms with Crippen LogP contribution < -0.4 is 5.32 Å². The minimum atomic E-state index is 0.546. The Hall–Kier alpha value is -0.120. The standard InChI is InChI=1S/C15H28N2O/c1-3-5-11-10-17(12(4-2)9-16-11)14-8-13-6-7-15(14)18-13/h11-16H,3-10H2,1-2H3. The fraction of sp³-hybridized carbons (Fsp3) is 1.00. The summed E-state index contributed by atoms with van der Waals surface area (Å²) in [5, 5.41) is 3.74. The summed E-state index contributed by atoms with van der Waals surface area (Å²) in [4.78, 5) is 2.79. The summed E-state index contributed by atoms with van der Waals surface area (Å²) in [6, 6.07) is 2.15. The molecular formula is C15H28N2O. The lowest BCUT2D eigenvalue weighted by atomic mass is 9.91. The summed E-state index contributed by atoms with van der Waals surface area (Å²) < 4.78 is 6.06. The second-order valence-corrected chi connectivity index (χ2v) is 6.33. The Morgan fingerprint density at radius 2 is 2.17 bits per heavy atom. The summed E-state index contributed by atoms with van der Waals surface area (Å²) in [6.45, 7) is 7.03. The molecular weight excluding hydrogens is 224 g/mol. The fourth-order valence-corrected chi connectivity index (χ4v) is 4.17. The second-order valence-electron chi connectivity index (χ2n) is 6.33. The Morgan fingerprint density at radius 1 is 1.28 bits per heavy atom. The van der Waals surface area contributed by atoms with Gasteiger partial charge in [-0.15, -0.1) is 0 Å². The maximum Gasteiger partial charge on any atom is 0.0736 e. The van der Waals surface area contributed by atoms with E-state index in [0.29, 0.717) is 18.2 Å². The predicted molar refractivity (Wildman–Crippen MR) is 73.8 cm³/mol. The van der Waals surface area contributed by atoms with Crippen molar-refractivity contribution in [3.05, 3.63) is 0 Å². The molecule has 18 heavy (non-hydrogen) atoms. The van der Waals surface area contributed by atoms with Crippen molar-refractivity contribution in [3.63, 3.8) is 0 Å². The first-order chi connectivity index (χ1) is 8.81. The summed E-state index contributed by atoms with van der Waals surface area (Å²) in [6.07, 6.45) is 8.89. The van der Waals surface area contributed by atoms with Gasteiger partial charge in [0.1, 0.15) is 0 Å². The Labute approximate surface area is 111 Å². The molecule has 3 fully saturated rings. The molecule has 0 saturated carbocycles. The number of fused-ring (bicyclic) bond motifs is 2. The van der Waals surface area contributed by atoms with E-state index in [1.54, 1.807) is 0 Å². The molecule has 0 aromatic rings. The van der Waals surface area contributed by atoms with Crippen LogP contribution >= 0.6 is 0 Å². The first-order valence-electron chi connectivity index (χ1n) is 7.96. The van der Waals surface area contributed by atoms with Crippen molar-refractivity contribution in [1.29, 1.82) is 0 Å². The number of hydrogen-bond donors (Lipinski definition) is 1. The molecule has 0 aromatic carbocycles. The molecule has 0 radical (unpaired) electrons. The molecule has 3 rings (SSSR count). The van der Waals surface area contributed by atoms with E-state index in [2.05, 4.69) is 24.1 Å². The van der Waals surface area contributed by atoms with Crippen LogP contribution in [0.5, 0.6) is 0 Å². The van der Waals surface area contributed by atoms with Crippen LogP contribution in [0.2, 0.25) is 0 Å². The molecule has 3 heterocycles. The van der Waals surface area contributed by atoms with Crippen molar-refractivity contribution in [2.75, 3.05) is 13.1 Å². The van der Waals surface area contributed by atoms with Gasteiger partial charge in [-0.2, -0.15) is 0 Å². The summed E-state index contributed by atoms with van der Waals surface area (Å²) in [5.41, 5.74) is 0. The van der Waals surface area contributed by atoms with Crippen molar-refractivity contribution in [3.8, 4) is 0 Å². The van der Waals surface area contributed by atoms with Gasteiger partial charge in [0.15, 0.2) is 0 Å². The molecule has 5 unspecified atom stereocenters. The lowest BCUT2D eigenvalue weighted by Gasteiger charge is -2.45. The van der Waals surface area contributed by atoms with Crippen LogP contribution in [0.15, 0.2) is 0 Å². The van der Waals surface area contributed by atoms with E-state index in [-0.39, 0.29) is 0 Å². The van der Waals surface area contributed by atoms with Gasteiger partial charge in [0, 0.05) is 31.2 Å². The van der Waals surface area contributed by atoms with Gasteiger partial charge in [0.05, 0.1) is 12.2 Å². The molecule has 3 nitrogen and oxygen atoms in total. The highest BCUT2D eigenvalue weighted by Gasteiger charge is 2.46. The second kappa shape index (κ2) is 5.48. The third-order valence-corrected chi connectivity index (χ3v) is 5.15. The summed E-state index contributed by atoms with van der Waals surface area (Å²) >= 11 is 0. The van der Waals surface area contributed by atoms with Gasteiger partial charge >= 0.3 is 0 Å². The third kappa shape index (κ3) is 2.33. The van der Waals surface area contributed by atoms with Gasteiger partial charge in [0.2, 0.25) is 0 Å². The Bertz CT molecular complexity index is 284. The van der Waals surface area contributed by atoms with Crippen molar-refractivity contribution in [1.82, 2.24) is 10.2 Å². The van der Waals surface area contributed by atoms with E-state index in [1.807, 2.05) is 0 Å². The topological polar surface area (TPSA) is 24.5 Å². The van der Waals surface area contributed by atoms with Crippen LogP contribution in [-0.4, -0.2) is 48.3 Å². The molecule has 5 atom stereocenters. The lowest BCUT2D eigenvalue weighted by Crippen LogP contribution is -2.60. The number of nitrogens with one attached hydrogen (secondary N) is 1. The van der Waals surface area contributed by atoms with Gasteiger partial charge in [-0.25, -0.2) is 0 Å². The zero-order valence-corrected chi connectivity index (χ0v) is 11.9.